The summed E-state index contributed by atoms with van der Waals surface area (Å²) in [6.07, 6.45) is 1.51. The first kappa shape index (κ1) is 10.0. The Morgan fingerprint density at radius 2 is 2.60 bits per heavy atom. The summed E-state index contributed by atoms with van der Waals surface area (Å²) in [5, 5.41) is 4.10. The van der Waals surface area contributed by atoms with E-state index in [1.807, 2.05) is 0 Å². The molecule has 0 unspecified atom stereocenters. The van der Waals surface area contributed by atoms with Crippen molar-refractivity contribution in [2.45, 2.75) is 20.4 Å². The highest BCUT2D eigenvalue weighted by Crippen LogP contribution is 2.24. The predicted molar refractivity (Wildman–Crippen MR) is 52.8 cm³/mol. The highest BCUT2D eigenvalue weighted by atomic mass is 16.5. The molecule has 15 heavy (non-hydrogen) atoms. The van der Waals surface area contributed by atoms with Gasteiger partial charge in [0.05, 0.1) is 26.0 Å². The quantitative estimate of drug-likeness (QED) is 0.685. The lowest BCUT2D eigenvalue weighted by molar-refractivity contribution is 0.0517. The minimum atomic E-state index is -0.367. The van der Waals surface area contributed by atoms with Crippen LogP contribution < -0.4 is 4.74 Å². The first-order valence-electron chi connectivity index (χ1n) is 5.08. The molecule has 0 aliphatic carbocycles. The molecule has 5 nitrogen and oxygen atoms in total. The third-order valence-electron chi connectivity index (χ3n) is 2.28. The van der Waals surface area contributed by atoms with Gasteiger partial charge in [0.2, 0.25) is 5.88 Å². The Bertz CT molecular complexity index is 373. The Morgan fingerprint density at radius 1 is 1.80 bits per heavy atom. The average Bonchev–Trinajstić information content (AvgIpc) is 2.60. The van der Waals surface area contributed by atoms with Crippen LogP contribution in [0.4, 0.5) is 0 Å². The van der Waals surface area contributed by atoms with Crippen LogP contribution in [0.25, 0.3) is 0 Å². The summed E-state index contributed by atoms with van der Waals surface area (Å²) in [5.74, 6) is 0.590. The van der Waals surface area contributed by atoms with Crippen molar-refractivity contribution in [1.29, 1.82) is 0 Å². The summed E-state index contributed by atoms with van der Waals surface area (Å²) in [6.45, 7) is 5.62. The smallest absolute Gasteiger partial charge is 0.345 e. The minimum absolute atomic E-state index is 0.361. The standard InChI is InChI=1S/C10H14N2O3/c1-3-14-10(13)8-4-11-12-5-7(2)6-15-9(8)12/h4,7H,3,5-6H2,1-2H3/t7-/m0/s1. The fourth-order valence-electron chi connectivity index (χ4n) is 1.57. The molecule has 0 amide bonds. The Hall–Kier alpha value is -1.52. The lowest BCUT2D eigenvalue weighted by atomic mass is 10.2. The predicted octanol–water partition coefficient (Wildman–Crippen LogP) is 1.09. The van der Waals surface area contributed by atoms with Crippen LogP contribution in [0.5, 0.6) is 5.88 Å². The second kappa shape index (κ2) is 3.92. The number of fused-ring (bicyclic) bond motifs is 1. The molecule has 0 saturated carbocycles. The zero-order valence-corrected chi connectivity index (χ0v) is 8.90. The maximum atomic E-state index is 11.5. The van der Waals surface area contributed by atoms with Crippen LogP contribution >= 0.6 is 0 Å². The average molecular weight is 210 g/mol. The van der Waals surface area contributed by atoms with E-state index in [1.54, 1.807) is 11.6 Å². The molecule has 0 aromatic carbocycles. The molecular weight excluding hydrogens is 196 g/mol. The van der Waals surface area contributed by atoms with Gasteiger partial charge < -0.3 is 9.47 Å². The van der Waals surface area contributed by atoms with Gasteiger partial charge in [0.1, 0.15) is 5.56 Å². The molecule has 2 rings (SSSR count). The fourth-order valence-corrected chi connectivity index (χ4v) is 1.57. The van der Waals surface area contributed by atoms with E-state index in [-0.39, 0.29) is 5.97 Å². The molecule has 1 atom stereocenters. The van der Waals surface area contributed by atoms with E-state index in [1.165, 1.54) is 6.20 Å². The third-order valence-corrected chi connectivity index (χ3v) is 2.28. The van der Waals surface area contributed by atoms with Gasteiger partial charge in [-0.3, -0.25) is 0 Å². The molecule has 5 heteroatoms. The van der Waals surface area contributed by atoms with Gasteiger partial charge in [-0.25, -0.2) is 9.48 Å². The van der Waals surface area contributed by atoms with E-state index in [9.17, 15) is 4.79 Å². The Labute approximate surface area is 88.0 Å². The van der Waals surface area contributed by atoms with Gasteiger partial charge in [0.25, 0.3) is 0 Å². The summed E-state index contributed by atoms with van der Waals surface area (Å²) < 4.78 is 12.1. The normalized spacial score (nSPS) is 19.2. The zero-order chi connectivity index (χ0) is 10.8. The number of esters is 1. The van der Waals surface area contributed by atoms with Crippen molar-refractivity contribution in [1.82, 2.24) is 9.78 Å². The molecular formula is C10H14N2O3. The molecule has 0 fully saturated rings. The van der Waals surface area contributed by atoms with Gasteiger partial charge in [0, 0.05) is 5.92 Å². The van der Waals surface area contributed by atoms with Crippen LogP contribution in [-0.4, -0.2) is 29.0 Å². The van der Waals surface area contributed by atoms with E-state index in [2.05, 4.69) is 12.0 Å². The summed E-state index contributed by atoms with van der Waals surface area (Å²) in [7, 11) is 0. The third kappa shape index (κ3) is 1.82. The van der Waals surface area contributed by atoms with E-state index >= 15 is 0 Å². The van der Waals surface area contributed by atoms with Crippen LogP contribution in [0.15, 0.2) is 6.20 Å². The van der Waals surface area contributed by atoms with Crippen LogP contribution in [-0.2, 0) is 11.3 Å². The monoisotopic (exact) mass is 210 g/mol. The van der Waals surface area contributed by atoms with Crippen molar-refractivity contribution >= 4 is 5.97 Å². The molecule has 0 N–H and O–H groups in total. The van der Waals surface area contributed by atoms with Crippen molar-refractivity contribution in [3.63, 3.8) is 0 Å². The first-order chi connectivity index (χ1) is 7.22. The van der Waals surface area contributed by atoms with E-state index in [0.29, 0.717) is 30.6 Å². The van der Waals surface area contributed by atoms with Crippen LogP contribution in [0.3, 0.4) is 0 Å². The summed E-state index contributed by atoms with van der Waals surface area (Å²) >= 11 is 0. The molecule has 0 radical (unpaired) electrons. The minimum Gasteiger partial charge on any atom is -0.477 e. The Balaban J connectivity index is 2.24. The van der Waals surface area contributed by atoms with Crippen LogP contribution in [0.1, 0.15) is 24.2 Å². The molecule has 0 saturated heterocycles. The maximum absolute atomic E-state index is 11.5. The zero-order valence-electron chi connectivity index (χ0n) is 8.90. The fraction of sp³-hybridized carbons (Fsp3) is 0.600. The molecule has 1 aromatic heterocycles. The molecule has 1 aliphatic heterocycles. The van der Waals surface area contributed by atoms with Crippen molar-refractivity contribution in [3.8, 4) is 5.88 Å². The molecule has 1 aliphatic rings. The number of nitrogens with zero attached hydrogens (tertiary/aromatic N) is 2. The van der Waals surface area contributed by atoms with Gasteiger partial charge in [-0.2, -0.15) is 5.10 Å². The first-order valence-corrected chi connectivity index (χ1v) is 5.08. The SMILES string of the molecule is CCOC(=O)c1cnn2c1OC[C@@H](C)C2. The van der Waals surface area contributed by atoms with Gasteiger partial charge in [0.15, 0.2) is 0 Å². The molecule has 0 spiro atoms. The summed E-state index contributed by atoms with van der Waals surface area (Å²) in [5.41, 5.74) is 0.420. The van der Waals surface area contributed by atoms with E-state index < -0.39 is 0 Å². The van der Waals surface area contributed by atoms with Gasteiger partial charge in [-0.05, 0) is 6.92 Å². The molecule has 2 heterocycles. The highest BCUT2D eigenvalue weighted by Gasteiger charge is 2.24. The molecule has 1 aromatic rings. The maximum Gasteiger partial charge on any atom is 0.345 e. The second-order valence-corrected chi connectivity index (χ2v) is 3.68. The van der Waals surface area contributed by atoms with Gasteiger partial charge in [-0.1, -0.05) is 6.92 Å². The van der Waals surface area contributed by atoms with Gasteiger partial charge >= 0.3 is 5.97 Å². The number of ether oxygens (including phenoxy) is 2. The molecule has 82 valence electrons. The largest absolute Gasteiger partial charge is 0.477 e. The van der Waals surface area contributed by atoms with Crippen LogP contribution in [0.2, 0.25) is 0 Å². The number of carbonyl (C=O) groups excluding carboxylic acids is 1. The summed E-state index contributed by atoms with van der Waals surface area (Å²) in [6, 6.07) is 0. The number of hydrogen-bond donors (Lipinski definition) is 0. The molecule has 0 bridgehead atoms. The van der Waals surface area contributed by atoms with E-state index in [0.717, 1.165) is 6.54 Å². The van der Waals surface area contributed by atoms with Crippen molar-refractivity contribution < 1.29 is 14.3 Å². The van der Waals surface area contributed by atoms with Crippen molar-refractivity contribution in [2.75, 3.05) is 13.2 Å². The van der Waals surface area contributed by atoms with Crippen LogP contribution in [0, 0.1) is 5.92 Å². The Kier molecular flexibility index (Phi) is 2.62. The number of carbonyl (C=O) groups is 1. The van der Waals surface area contributed by atoms with E-state index in [4.69, 9.17) is 9.47 Å². The lowest BCUT2D eigenvalue weighted by Crippen LogP contribution is -2.24. The van der Waals surface area contributed by atoms with Gasteiger partial charge in [-0.15, -0.1) is 0 Å². The lowest BCUT2D eigenvalue weighted by Gasteiger charge is -2.21. The summed E-state index contributed by atoms with van der Waals surface area (Å²) in [4.78, 5) is 11.5. The number of rotatable bonds is 2. The number of aromatic nitrogens is 2. The Morgan fingerprint density at radius 3 is 3.33 bits per heavy atom. The topological polar surface area (TPSA) is 53.3 Å². The number of hydrogen-bond acceptors (Lipinski definition) is 4. The highest BCUT2D eigenvalue weighted by molar-refractivity contribution is 5.91. The van der Waals surface area contributed by atoms with Crippen molar-refractivity contribution in [3.05, 3.63) is 11.8 Å². The van der Waals surface area contributed by atoms with Crippen molar-refractivity contribution in [2.24, 2.45) is 5.92 Å². The second-order valence-electron chi connectivity index (χ2n) is 3.68.